The standard InChI is InChI=1S/C28H42O5/c1-5-7-9-11-12-13-14-16-20-30-26-23-18-17-19-24(32-22(3)4)25(23)33-28(29)27(26)31-21-15-10-8-6-2/h8,10,17-19,22H,5-7,9,11-16,20-21H2,1-4H3. The lowest BCUT2D eigenvalue weighted by atomic mass is 10.1. The Balaban J connectivity index is 2.13. The highest BCUT2D eigenvalue weighted by molar-refractivity contribution is 5.89. The van der Waals surface area contributed by atoms with Crippen LogP contribution in [-0.2, 0) is 0 Å². The first kappa shape index (κ1) is 26.8. The van der Waals surface area contributed by atoms with Crippen LogP contribution < -0.4 is 19.8 Å². The number of para-hydroxylation sites is 1. The highest BCUT2D eigenvalue weighted by Crippen LogP contribution is 2.37. The van der Waals surface area contributed by atoms with Crippen LogP contribution >= 0.6 is 0 Å². The van der Waals surface area contributed by atoms with Crippen molar-refractivity contribution in [3.63, 3.8) is 0 Å². The molecule has 0 radical (unpaired) electrons. The summed E-state index contributed by atoms with van der Waals surface area (Å²) in [6.07, 6.45) is 15.6. The Labute approximate surface area is 199 Å². The number of fused-ring (bicyclic) bond motifs is 1. The maximum Gasteiger partial charge on any atom is 0.383 e. The minimum Gasteiger partial charge on any atom is -0.489 e. The Morgan fingerprint density at radius 2 is 1.58 bits per heavy atom. The van der Waals surface area contributed by atoms with E-state index in [0.717, 1.165) is 25.7 Å². The fourth-order valence-corrected chi connectivity index (χ4v) is 3.69. The van der Waals surface area contributed by atoms with Gasteiger partial charge in [0.2, 0.25) is 5.75 Å². The summed E-state index contributed by atoms with van der Waals surface area (Å²) in [5, 5.41) is 0.700. The third-order valence-corrected chi connectivity index (χ3v) is 5.35. The van der Waals surface area contributed by atoms with Gasteiger partial charge in [0.25, 0.3) is 0 Å². The summed E-state index contributed by atoms with van der Waals surface area (Å²) in [5.41, 5.74) is -0.131. The first-order valence-electron chi connectivity index (χ1n) is 12.8. The van der Waals surface area contributed by atoms with Gasteiger partial charge in [0, 0.05) is 0 Å². The van der Waals surface area contributed by atoms with Crippen LogP contribution in [0.15, 0.2) is 39.6 Å². The van der Waals surface area contributed by atoms with Gasteiger partial charge in [-0.3, -0.25) is 0 Å². The molecule has 0 saturated heterocycles. The smallest absolute Gasteiger partial charge is 0.383 e. The van der Waals surface area contributed by atoms with E-state index in [4.69, 9.17) is 18.6 Å². The summed E-state index contributed by atoms with van der Waals surface area (Å²) in [6.45, 7) is 9.14. The average Bonchev–Trinajstić information content (AvgIpc) is 2.79. The fourth-order valence-electron chi connectivity index (χ4n) is 3.69. The molecule has 184 valence electrons. The molecule has 0 bridgehead atoms. The second-order valence-electron chi connectivity index (χ2n) is 8.69. The van der Waals surface area contributed by atoms with Crippen molar-refractivity contribution in [2.75, 3.05) is 13.2 Å². The van der Waals surface area contributed by atoms with Crippen molar-refractivity contribution in [3.8, 4) is 17.2 Å². The molecule has 0 unspecified atom stereocenters. The molecule has 1 heterocycles. The number of allylic oxidation sites excluding steroid dienone is 1. The maximum atomic E-state index is 12.8. The summed E-state index contributed by atoms with van der Waals surface area (Å²) in [7, 11) is 0. The number of hydrogen-bond donors (Lipinski definition) is 0. The molecule has 1 aromatic heterocycles. The predicted molar refractivity (Wildman–Crippen MR) is 136 cm³/mol. The Morgan fingerprint density at radius 1 is 0.879 bits per heavy atom. The zero-order valence-corrected chi connectivity index (χ0v) is 21.0. The van der Waals surface area contributed by atoms with Crippen molar-refractivity contribution in [2.45, 2.75) is 98.0 Å². The van der Waals surface area contributed by atoms with Gasteiger partial charge in [0.1, 0.15) is 0 Å². The molecule has 0 aliphatic carbocycles. The maximum absolute atomic E-state index is 12.8. The zero-order valence-electron chi connectivity index (χ0n) is 21.0. The summed E-state index contributed by atoms with van der Waals surface area (Å²) in [4.78, 5) is 12.8. The van der Waals surface area contributed by atoms with E-state index in [1.807, 2.05) is 32.0 Å². The Morgan fingerprint density at radius 3 is 2.27 bits per heavy atom. The lowest BCUT2D eigenvalue weighted by Crippen LogP contribution is -2.12. The quantitative estimate of drug-likeness (QED) is 0.137. The van der Waals surface area contributed by atoms with E-state index in [0.29, 0.717) is 35.7 Å². The number of rotatable bonds is 17. The van der Waals surface area contributed by atoms with Crippen molar-refractivity contribution in [1.82, 2.24) is 0 Å². The van der Waals surface area contributed by atoms with Crippen LogP contribution in [0.25, 0.3) is 11.0 Å². The fraction of sp³-hybridized carbons (Fsp3) is 0.607. The highest BCUT2D eigenvalue weighted by atomic mass is 16.5. The van der Waals surface area contributed by atoms with Gasteiger partial charge in [-0.05, 0) is 45.2 Å². The third-order valence-electron chi connectivity index (χ3n) is 5.35. The third kappa shape index (κ3) is 9.15. The lowest BCUT2D eigenvalue weighted by Gasteiger charge is -2.16. The first-order chi connectivity index (χ1) is 16.1. The molecule has 0 aliphatic rings. The van der Waals surface area contributed by atoms with Crippen LogP contribution in [-0.4, -0.2) is 19.3 Å². The van der Waals surface area contributed by atoms with Crippen LogP contribution in [0.4, 0.5) is 0 Å². The van der Waals surface area contributed by atoms with Crippen molar-refractivity contribution in [1.29, 1.82) is 0 Å². The van der Waals surface area contributed by atoms with Crippen LogP contribution in [0.2, 0.25) is 0 Å². The SMILES string of the molecule is CCC=CCCOc1c(OCCCCCCCCCC)c2cccc(OC(C)C)c2oc1=O. The molecule has 5 heteroatoms. The second kappa shape index (κ2) is 15.4. The van der Waals surface area contributed by atoms with Crippen LogP contribution in [0.5, 0.6) is 17.2 Å². The van der Waals surface area contributed by atoms with Crippen molar-refractivity contribution in [3.05, 3.63) is 40.8 Å². The Bertz CT molecular complexity index is 897. The minimum atomic E-state index is -0.535. The van der Waals surface area contributed by atoms with E-state index >= 15 is 0 Å². The number of ether oxygens (including phenoxy) is 3. The Hall–Kier alpha value is -2.43. The summed E-state index contributed by atoms with van der Waals surface area (Å²) in [6, 6.07) is 5.58. The van der Waals surface area contributed by atoms with E-state index in [1.165, 1.54) is 38.5 Å². The molecule has 0 atom stereocenters. The molecule has 0 N–H and O–H groups in total. The highest BCUT2D eigenvalue weighted by Gasteiger charge is 2.20. The molecule has 2 aromatic rings. The number of benzene rings is 1. The molecule has 0 saturated carbocycles. The van der Waals surface area contributed by atoms with E-state index in [9.17, 15) is 4.79 Å². The molecule has 33 heavy (non-hydrogen) atoms. The molecule has 0 fully saturated rings. The first-order valence-corrected chi connectivity index (χ1v) is 12.8. The van der Waals surface area contributed by atoms with Crippen LogP contribution in [0.1, 0.15) is 91.9 Å². The van der Waals surface area contributed by atoms with Crippen molar-refractivity contribution < 1.29 is 18.6 Å². The Kier molecular flexibility index (Phi) is 12.5. The molecule has 0 spiro atoms. The molecule has 0 aliphatic heterocycles. The van der Waals surface area contributed by atoms with Gasteiger partial charge in [0.05, 0.1) is 24.7 Å². The van der Waals surface area contributed by atoms with E-state index in [-0.39, 0.29) is 11.9 Å². The van der Waals surface area contributed by atoms with Gasteiger partial charge < -0.3 is 18.6 Å². The van der Waals surface area contributed by atoms with Gasteiger partial charge in [-0.2, -0.15) is 0 Å². The molecular weight excluding hydrogens is 416 g/mol. The van der Waals surface area contributed by atoms with Crippen molar-refractivity contribution >= 4 is 11.0 Å². The summed E-state index contributed by atoms with van der Waals surface area (Å²) in [5.74, 6) is 1.14. The van der Waals surface area contributed by atoms with Crippen LogP contribution in [0.3, 0.4) is 0 Å². The molecule has 1 aromatic carbocycles. The molecule has 2 rings (SSSR count). The van der Waals surface area contributed by atoms with Gasteiger partial charge in [-0.15, -0.1) is 0 Å². The summed E-state index contributed by atoms with van der Waals surface area (Å²) < 4.78 is 23.5. The predicted octanol–water partition coefficient (Wildman–Crippen LogP) is 7.83. The molecular formula is C28H42O5. The van der Waals surface area contributed by atoms with Crippen LogP contribution in [0, 0.1) is 0 Å². The van der Waals surface area contributed by atoms with E-state index < -0.39 is 5.63 Å². The number of hydrogen-bond acceptors (Lipinski definition) is 5. The second-order valence-corrected chi connectivity index (χ2v) is 8.69. The molecule has 5 nitrogen and oxygen atoms in total. The topological polar surface area (TPSA) is 57.9 Å². The number of unbranched alkanes of at least 4 members (excludes halogenated alkanes) is 7. The van der Waals surface area contributed by atoms with E-state index in [2.05, 4.69) is 26.0 Å². The van der Waals surface area contributed by atoms with Gasteiger partial charge in [-0.1, -0.05) is 77.0 Å². The van der Waals surface area contributed by atoms with Gasteiger partial charge >= 0.3 is 5.63 Å². The van der Waals surface area contributed by atoms with Gasteiger partial charge in [-0.25, -0.2) is 4.79 Å². The average molecular weight is 459 g/mol. The van der Waals surface area contributed by atoms with E-state index in [1.54, 1.807) is 0 Å². The monoisotopic (exact) mass is 458 g/mol. The minimum absolute atomic E-state index is 0.0381. The zero-order chi connectivity index (χ0) is 23.9. The lowest BCUT2D eigenvalue weighted by molar-refractivity contribution is 0.238. The molecule has 0 amide bonds. The van der Waals surface area contributed by atoms with Crippen molar-refractivity contribution in [2.24, 2.45) is 0 Å². The normalized spacial score (nSPS) is 11.5. The largest absolute Gasteiger partial charge is 0.489 e. The van der Waals surface area contributed by atoms with Gasteiger partial charge in [0.15, 0.2) is 17.1 Å². The summed E-state index contributed by atoms with van der Waals surface area (Å²) >= 11 is 0.